The molecule has 51 heavy (non-hydrogen) atoms. The SMILES string of the molecule is CCCCCc1ccc([C@H]2CC[C@H]([C@H]3CC[C@H](CC)CC3)CC2)nc1.CCCCCc1ccc([C@H]2CC[C@H]([C@H]3CC[C@H](CCC)CC3)CC2)nc1. The molecule has 0 atom stereocenters. The van der Waals surface area contributed by atoms with Gasteiger partial charge in [-0.2, -0.15) is 0 Å². The Balaban J connectivity index is 0.000000198. The van der Waals surface area contributed by atoms with Crippen LogP contribution in [0.15, 0.2) is 36.7 Å². The minimum absolute atomic E-state index is 0.729. The first kappa shape index (κ1) is 40.5. The van der Waals surface area contributed by atoms with Crippen molar-refractivity contribution in [2.45, 2.75) is 213 Å². The van der Waals surface area contributed by atoms with E-state index in [0.717, 1.165) is 47.3 Å². The normalized spacial score (nSPS) is 30.0. The van der Waals surface area contributed by atoms with Gasteiger partial charge in [0.15, 0.2) is 0 Å². The molecule has 0 amide bonds. The van der Waals surface area contributed by atoms with Gasteiger partial charge in [-0.05, 0) is 162 Å². The smallest absolute Gasteiger partial charge is 0.0434 e. The maximum Gasteiger partial charge on any atom is 0.0434 e. The number of nitrogens with zero attached hydrogens (tertiary/aromatic N) is 2. The van der Waals surface area contributed by atoms with Gasteiger partial charge in [-0.25, -0.2) is 0 Å². The first-order valence-electron chi connectivity index (χ1n) is 23.0. The quantitative estimate of drug-likeness (QED) is 0.173. The van der Waals surface area contributed by atoms with Crippen molar-refractivity contribution in [1.29, 1.82) is 0 Å². The van der Waals surface area contributed by atoms with E-state index in [0.29, 0.717) is 0 Å². The Morgan fingerprint density at radius 3 is 1.16 bits per heavy atom. The van der Waals surface area contributed by atoms with E-state index in [1.54, 1.807) is 0 Å². The molecule has 2 aromatic heterocycles. The summed E-state index contributed by atoms with van der Waals surface area (Å²) in [4.78, 5) is 9.69. The summed E-state index contributed by atoms with van der Waals surface area (Å²) in [6, 6.07) is 9.36. The number of pyridine rings is 2. The number of aromatic nitrogens is 2. The molecule has 2 aromatic rings. The van der Waals surface area contributed by atoms with E-state index in [2.05, 4.69) is 64.4 Å². The van der Waals surface area contributed by atoms with Crippen LogP contribution >= 0.6 is 0 Å². The van der Waals surface area contributed by atoms with Crippen LogP contribution in [0.25, 0.3) is 0 Å². The standard InChI is InChI=1S/C25H41N.C24H39N/c1-3-5-6-8-21-11-18-25(26-19-21)24-16-14-23(15-17-24)22-12-9-20(7-4-2)10-13-22;1-3-5-6-7-20-10-17-24(25-18-20)23-15-13-22(14-16-23)21-11-8-19(4-2)9-12-21/h11,18-20,22-24H,3-10,12-17H2,1-2H3;10,17-19,21-23H,3-9,11-16H2,1-2H3/t20-,22-,23-,24-;19-,21-,22-,23-. The van der Waals surface area contributed by atoms with Gasteiger partial charge in [-0.1, -0.05) is 110 Å². The van der Waals surface area contributed by atoms with E-state index in [4.69, 9.17) is 9.97 Å². The van der Waals surface area contributed by atoms with Gasteiger partial charge in [0.2, 0.25) is 0 Å². The molecule has 0 aliphatic heterocycles. The first-order chi connectivity index (χ1) is 25.1. The zero-order chi connectivity index (χ0) is 35.7. The summed E-state index contributed by atoms with van der Waals surface area (Å²) in [6.45, 7) is 9.26. The van der Waals surface area contributed by atoms with Crippen LogP contribution in [0.5, 0.6) is 0 Å². The van der Waals surface area contributed by atoms with Gasteiger partial charge in [-0.3, -0.25) is 9.97 Å². The molecule has 0 unspecified atom stereocenters. The van der Waals surface area contributed by atoms with Gasteiger partial charge < -0.3 is 0 Å². The molecule has 0 bridgehead atoms. The van der Waals surface area contributed by atoms with Crippen molar-refractivity contribution in [2.24, 2.45) is 35.5 Å². The van der Waals surface area contributed by atoms with Gasteiger partial charge in [0.25, 0.3) is 0 Å². The maximum atomic E-state index is 4.85. The van der Waals surface area contributed by atoms with E-state index in [9.17, 15) is 0 Å². The van der Waals surface area contributed by atoms with Crippen LogP contribution in [0.2, 0.25) is 0 Å². The molecule has 4 fully saturated rings. The minimum Gasteiger partial charge on any atom is -0.261 e. The average molecular weight is 697 g/mol. The number of unbranched alkanes of at least 4 members (excludes halogenated alkanes) is 4. The van der Waals surface area contributed by atoms with Gasteiger partial charge >= 0.3 is 0 Å². The summed E-state index contributed by atoms with van der Waals surface area (Å²) in [5.74, 6) is 7.65. The van der Waals surface area contributed by atoms with Crippen molar-refractivity contribution in [3.05, 3.63) is 59.2 Å². The van der Waals surface area contributed by atoms with Crippen LogP contribution in [0.4, 0.5) is 0 Å². The Bertz CT molecular complexity index is 1150. The second-order valence-electron chi connectivity index (χ2n) is 18.1. The fraction of sp³-hybridized carbons (Fsp3) is 0.796. The van der Waals surface area contributed by atoms with E-state index >= 15 is 0 Å². The number of hydrogen-bond donors (Lipinski definition) is 0. The lowest BCUT2D eigenvalue weighted by Crippen LogP contribution is -2.25. The zero-order valence-corrected chi connectivity index (χ0v) is 34.1. The van der Waals surface area contributed by atoms with Crippen molar-refractivity contribution in [3.63, 3.8) is 0 Å². The van der Waals surface area contributed by atoms with Gasteiger partial charge in [0, 0.05) is 35.6 Å². The summed E-state index contributed by atoms with van der Waals surface area (Å²) >= 11 is 0. The highest BCUT2D eigenvalue weighted by Crippen LogP contribution is 2.45. The largest absolute Gasteiger partial charge is 0.261 e. The molecule has 6 rings (SSSR count). The van der Waals surface area contributed by atoms with E-state index < -0.39 is 0 Å². The van der Waals surface area contributed by atoms with Crippen LogP contribution in [0, 0.1) is 35.5 Å². The molecule has 4 saturated carbocycles. The molecular formula is C49H80N2. The highest BCUT2D eigenvalue weighted by Gasteiger charge is 2.32. The summed E-state index contributed by atoms with van der Waals surface area (Å²) < 4.78 is 0. The van der Waals surface area contributed by atoms with Crippen LogP contribution in [-0.4, -0.2) is 9.97 Å². The summed E-state index contributed by atoms with van der Waals surface area (Å²) in [6.07, 6.45) is 42.3. The lowest BCUT2D eigenvalue weighted by atomic mass is 9.68. The van der Waals surface area contributed by atoms with Gasteiger partial charge in [0.05, 0.1) is 0 Å². The molecule has 0 radical (unpaired) electrons. The van der Waals surface area contributed by atoms with Crippen molar-refractivity contribution in [3.8, 4) is 0 Å². The maximum absolute atomic E-state index is 4.85. The Labute approximate surface area is 316 Å². The van der Waals surface area contributed by atoms with Crippen molar-refractivity contribution < 1.29 is 0 Å². The molecule has 2 nitrogen and oxygen atoms in total. The fourth-order valence-corrected chi connectivity index (χ4v) is 11.0. The second-order valence-corrected chi connectivity index (χ2v) is 18.1. The zero-order valence-electron chi connectivity index (χ0n) is 34.1. The molecule has 286 valence electrons. The number of aryl methyl sites for hydroxylation is 2. The molecule has 0 saturated heterocycles. The lowest BCUT2D eigenvalue weighted by molar-refractivity contribution is 0.156. The predicted octanol–water partition coefficient (Wildman–Crippen LogP) is 15.0. The molecule has 2 heterocycles. The third-order valence-electron chi connectivity index (χ3n) is 14.6. The minimum atomic E-state index is 0.729. The Kier molecular flexibility index (Phi) is 17.9. The predicted molar refractivity (Wildman–Crippen MR) is 220 cm³/mol. The van der Waals surface area contributed by atoms with E-state index in [1.807, 2.05) is 0 Å². The molecule has 2 heteroatoms. The number of rotatable bonds is 15. The summed E-state index contributed by atoms with van der Waals surface area (Å²) in [7, 11) is 0. The topological polar surface area (TPSA) is 25.8 Å². The monoisotopic (exact) mass is 697 g/mol. The van der Waals surface area contributed by atoms with Crippen LogP contribution < -0.4 is 0 Å². The molecule has 0 aromatic carbocycles. The van der Waals surface area contributed by atoms with Crippen LogP contribution in [0.1, 0.15) is 223 Å². The molecule has 0 N–H and O–H groups in total. The molecule has 0 spiro atoms. The fourth-order valence-electron chi connectivity index (χ4n) is 11.0. The summed E-state index contributed by atoms with van der Waals surface area (Å²) in [5, 5.41) is 0. The molecular weight excluding hydrogens is 617 g/mol. The Morgan fingerprint density at radius 1 is 0.431 bits per heavy atom. The van der Waals surface area contributed by atoms with E-state index in [-0.39, 0.29) is 0 Å². The molecule has 4 aliphatic rings. The van der Waals surface area contributed by atoms with Crippen molar-refractivity contribution in [2.75, 3.05) is 0 Å². The highest BCUT2D eigenvalue weighted by atomic mass is 14.7. The van der Waals surface area contributed by atoms with Crippen molar-refractivity contribution in [1.82, 2.24) is 9.97 Å². The lowest BCUT2D eigenvalue weighted by Gasteiger charge is -2.37. The number of hydrogen-bond acceptors (Lipinski definition) is 2. The average Bonchev–Trinajstić information content (AvgIpc) is 3.20. The second kappa shape index (κ2) is 22.5. The molecule has 4 aliphatic carbocycles. The van der Waals surface area contributed by atoms with E-state index in [1.165, 1.54) is 196 Å². The first-order valence-corrected chi connectivity index (χ1v) is 23.0. The highest BCUT2D eigenvalue weighted by molar-refractivity contribution is 5.19. The van der Waals surface area contributed by atoms with Crippen LogP contribution in [-0.2, 0) is 12.8 Å². The van der Waals surface area contributed by atoms with Crippen molar-refractivity contribution >= 4 is 0 Å². The Hall–Kier alpha value is -1.70. The Morgan fingerprint density at radius 2 is 0.824 bits per heavy atom. The van der Waals surface area contributed by atoms with Crippen LogP contribution in [0.3, 0.4) is 0 Å². The van der Waals surface area contributed by atoms with Gasteiger partial charge in [0.1, 0.15) is 0 Å². The van der Waals surface area contributed by atoms with Gasteiger partial charge in [-0.15, -0.1) is 0 Å². The summed E-state index contributed by atoms with van der Waals surface area (Å²) in [5.41, 5.74) is 5.60. The third-order valence-corrected chi connectivity index (χ3v) is 14.6. The third kappa shape index (κ3) is 13.0.